The van der Waals surface area contributed by atoms with Gasteiger partial charge in [0, 0.05) is 23.5 Å². The van der Waals surface area contributed by atoms with Crippen molar-refractivity contribution in [1.29, 1.82) is 0 Å². The number of benzene rings is 1. The lowest BCUT2D eigenvalue weighted by Gasteiger charge is -2.39. The number of carboxylic acids is 1. The number of esters is 1. The number of carbonyl (C=O) groups excluding carboxylic acids is 2. The molecule has 3 heterocycles. The van der Waals surface area contributed by atoms with E-state index in [-0.39, 0.29) is 19.6 Å². The lowest BCUT2D eigenvalue weighted by molar-refractivity contribution is -0.169. The van der Waals surface area contributed by atoms with Gasteiger partial charge >= 0.3 is 18.0 Å². The average molecular weight is 513 g/mol. The molecule has 4 rings (SSSR count). The van der Waals surface area contributed by atoms with E-state index in [1.54, 1.807) is 43.2 Å². The van der Waals surface area contributed by atoms with Crippen molar-refractivity contribution < 1.29 is 29.0 Å². The van der Waals surface area contributed by atoms with Crippen molar-refractivity contribution in [2.45, 2.75) is 57.5 Å². The molecule has 1 aromatic carbocycles. The predicted molar refractivity (Wildman–Crippen MR) is 130 cm³/mol. The van der Waals surface area contributed by atoms with Crippen LogP contribution in [0.2, 0.25) is 0 Å². The summed E-state index contributed by atoms with van der Waals surface area (Å²) >= 11 is 1.22. The summed E-state index contributed by atoms with van der Waals surface area (Å²) in [5.74, 6) is -2.94. The summed E-state index contributed by atoms with van der Waals surface area (Å²) in [5.41, 5.74) is -0.226. The number of carbonyl (C=O) groups is 3. The molecule has 3 atom stereocenters. The summed E-state index contributed by atoms with van der Waals surface area (Å²) in [6.07, 6.45) is 5.24. The SMILES string of the molecule is CC(C)(C)OC(=O)[C@]1(Cn2ccnc2)C[C@@H](C(=O)O)[C@@H](c2cncs2)N1C(=O)OCc1ccccc1. The molecule has 1 amide bonds. The second-order valence-corrected chi connectivity index (χ2v) is 10.6. The number of imidazole rings is 1. The van der Waals surface area contributed by atoms with E-state index < -0.39 is 41.1 Å². The van der Waals surface area contributed by atoms with Crippen LogP contribution in [0.3, 0.4) is 0 Å². The van der Waals surface area contributed by atoms with E-state index in [0.717, 1.165) is 5.56 Å². The van der Waals surface area contributed by atoms with E-state index in [2.05, 4.69) is 9.97 Å². The number of likely N-dealkylation sites (tertiary alicyclic amines) is 1. The highest BCUT2D eigenvalue weighted by atomic mass is 32.1. The minimum atomic E-state index is -1.67. The minimum absolute atomic E-state index is 0.0429. The third-order valence-electron chi connectivity index (χ3n) is 5.92. The molecule has 0 radical (unpaired) electrons. The molecule has 1 saturated heterocycles. The first kappa shape index (κ1) is 25.4. The van der Waals surface area contributed by atoms with Crippen LogP contribution >= 0.6 is 11.3 Å². The topological polar surface area (TPSA) is 124 Å². The smallest absolute Gasteiger partial charge is 0.411 e. The highest BCUT2D eigenvalue weighted by Gasteiger charge is 2.63. The van der Waals surface area contributed by atoms with Crippen molar-refractivity contribution in [2.24, 2.45) is 5.92 Å². The molecular formula is C25H28N4O6S. The van der Waals surface area contributed by atoms with Crippen LogP contribution < -0.4 is 0 Å². The summed E-state index contributed by atoms with van der Waals surface area (Å²) in [7, 11) is 0. The van der Waals surface area contributed by atoms with E-state index in [9.17, 15) is 19.5 Å². The number of amides is 1. The molecule has 3 aromatic rings. The molecule has 1 fully saturated rings. The fraction of sp³-hybridized carbons (Fsp3) is 0.400. The average Bonchev–Trinajstić information content (AvgIpc) is 3.58. The molecule has 10 nitrogen and oxygen atoms in total. The first-order valence-electron chi connectivity index (χ1n) is 11.4. The number of hydrogen-bond acceptors (Lipinski definition) is 8. The van der Waals surface area contributed by atoms with Gasteiger partial charge in [0.1, 0.15) is 12.2 Å². The normalized spacial score (nSPS) is 21.8. The molecule has 1 aliphatic rings. The number of aromatic nitrogens is 3. The maximum atomic E-state index is 13.9. The van der Waals surface area contributed by atoms with Crippen molar-refractivity contribution >= 4 is 29.4 Å². The highest BCUT2D eigenvalue weighted by molar-refractivity contribution is 7.09. The van der Waals surface area contributed by atoms with Crippen LogP contribution in [0.25, 0.3) is 0 Å². The molecule has 1 aliphatic heterocycles. The zero-order valence-corrected chi connectivity index (χ0v) is 21.1. The van der Waals surface area contributed by atoms with Crippen LogP contribution in [0.1, 0.15) is 43.7 Å². The molecule has 0 spiro atoms. The van der Waals surface area contributed by atoms with Gasteiger partial charge in [-0.25, -0.2) is 14.6 Å². The Morgan fingerprint density at radius 1 is 1.19 bits per heavy atom. The van der Waals surface area contributed by atoms with Crippen molar-refractivity contribution in [3.8, 4) is 0 Å². The second kappa shape index (κ2) is 10.1. The lowest BCUT2D eigenvalue weighted by atomic mass is 9.90. The number of thiazole rings is 1. The Morgan fingerprint density at radius 2 is 1.94 bits per heavy atom. The molecule has 11 heteroatoms. The molecule has 2 aromatic heterocycles. The number of rotatable bonds is 7. The number of aliphatic carboxylic acids is 1. The summed E-state index contributed by atoms with van der Waals surface area (Å²) in [6, 6.07) is 8.14. The fourth-order valence-corrected chi connectivity index (χ4v) is 5.23. The first-order valence-corrected chi connectivity index (χ1v) is 12.3. The van der Waals surface area contributed by atoms with Crippen LogP contribution in [0.4, 0.5) is 4.79 Å². The number of hydrogen-bond donors (Lipinski definition) is 1. The van der Waals surface area contributed by atoms with E-state index in [4.69, 9.17) is 9.47 Å². The van der Waals surface area contributed by atoms with Gasteiger partial charge in [-0.2, -0.15) is 0 Å². The summed E-state index contributed by atoms with van der Waals surface area (Å²) in [5, 5.41) is 10.2. The second-order valence-electron chi connectivity index (χ2n) is 9.68. The summed E-state index contributed by atoms with van der Waals surface area (Å²) < 4.78 is 13.1. The van der Waals surface area contributed by atoms with Crippen molar-refractivity contribution in [3.63, 3.8) is 0 Å². The molecular weight excluding hydrogens is 484 g/mol. The van der Waals surface area contributed by atoms with Crippen molar-refractivity contribution in [1.82, 2.24) is 19.4 Å². The fourth-order valence-electron chi connectivity index (χ4n) is 4.46. The Hall–Kier alpha value is -3.73. The number of ether oxygens (including phenoxy) is 2. The van der Waals surface area contributed by atoms with E-state index >= 15 is 0 Å². The van der Waals surface area contributed by atoms with Gasteiger partial charge in [-0.1, -0.05) is 30.3 Å². The molecule has 0 aliphatic carbocycles. The summed E-state index contributed by atoms with van der Waals surface area (Å²) in [6.45, 7) is 5.06. The quantitative estimate of drug-likeness (QED) is 0.473. The maximum Gasteiger partial charge on any atom is 0.411 e. The van der Waals surface area contributed by atoms with E-state index in [1.807, 2.05) is 30.3 Å². The number of carboxylic acid groups (broad SMARTS) is 1. The molecule has 0 bridgehead atoms. The summed E-state index contributed by atoms with van der Waals surface area (Å²) in [4.78, 5) is 50.1. The van der Waals surface area contributed by atoms with Gasteiger partial charge in [0.05, 0.1) is 30.3 Å². The van der Waals surface area contributed by atoms with Crippen LogP contribution in [0, 0.1) is 5.92 Å². The van der Waals surface area contributed by atoms with Crippen molar-refractivity contribution in [3.05, 3.63) is 71.2 Å². The molecule has 0 unspecified atom stereocenters. The van der Waals surface area contributed by atoms with Gasteiger partial charge in [0.25, 0.3) is 0 Å². The first-order chi connectivity index (χ1) is 17.1. The van der Waals surface area contributed by atoms with Crippen molar-refractivity contribution in [2.75, 3.05) is 0 Å². The highest BCUT2D eigenvalue weighted by Crippen LogP contribution is 2.50. The third kappa shape index (κ3) is 5.25. The third-order valence-corrected chi connectivity index (χ3v) is 6.77. The number of nitrogens with zero attached hydrogens (tertiary/aromatic N) is 4. The van der Waals surface area contributed by atoms with Gasteiger partial charge in [0.15, 0.2) is 5.54 Å². The zero-order chi connectivity index (χ0) is 25.9. The van der Waals surface area contributed by atoms with E-state index in [0.29, 0.717) is 4.88 Å². The Bertz CT molecular complexity index is 1190. The lowest BCUT2D eigenvalue weighted by Crippen LogP contribution is -2.58. The predicted octanol–water partition coefficient (Wildman–Crippen LogP) is 3.90. The van der Waals surface area contributed by atoms with Crippen LogP contribution in [0.5, 0.6) is 0 Å². The minimum Gasteiger partial charge on any atom is -0.481 e. The van der Waals surface area contributed by atoms with Crippen LogP contribution in [-0.4, -0.2) is 53.7 Å². The maximum absolute atomic E-state index is 13.9. The van der Waals surface area contributed by atoms with Gasteiger partial charge in [-0.15, -0.1) is 11.3 Å². The van der Waals surface area contributed by atoms with Gasteiger partial charge in [0.2, 0.25) is 0 Å². The Balaban J connectivity index is 1.82. The van der Waals surface area contributed by atoms with E-state index in [1.165, 1.54) is 28.8 Å². The molecule has 36 heavy (non-hydrogen) atoms. The standard InChI is InChI=1S/C25H28N4O6S/c1-24(2,3)35-22(32)25(14-28-10-9-26-15-28)11-18(21(30)31)20(19-12-27-16-36-19)29(25)23(33)34-13-17-7-5-4-6-8-17/h4-10,12,15-16,18,20H,11,13-14H2,1-3H3,(H,30,31)/t18-,20+,25-/m1/s1. The monoisotopic (exact) mass is 512 g/mol. The van der Waals surface area contributed by atoms with Gasteiger partial charge in [-0.05, 0) is 32.8 Å². The van der Waals surface area contributed by atoms with Crippen LogP contribution in [-0.2, 0) is 32.2 Å². The van der Waals surface area contributed by atoms with Gasteiger partial charge < -0.3 is 19.1 Å². The Kier molecular flexibility index (Phi) is 7.11. The molecule has 1 N–H and O–H groups in total. The molecule has 0 saturated carbocycles. The largest absolute Gasteiger partial charge is 0.481 e. The zero-order valence-electron chi connectivity index (χ0n) is 20.2. The molecule has 190 valence electrons. The van der Waals surface area contributed by atoms with Crippen LogP contribution in [0.15, 0.2) is 60.8 Å². The van der Waals surface area contributed by atoms with Gasteiger partial charge in [-0.3, -0.25) is 14.7 Å². The Morgan fingerprint density at radius 3 is 2.53 bits per heavy atom. The Labute approximate surface area is 212 Å².